The Balaban J connectivity index is 1.14. The fourth-order valence-corrected chi connectivity index (χ4v) is 4.71. The summed E-state index contributed by atoms with van der Waals surface area (Å²) < 4.78 is 17.3. The largest absolute Gasteiger partial charge is 0.493 e. The molecule has 4 aromatic rings. The van der Waals surface area contributed by atoms with E-state index in [1.165, 1.54) is 12.8 Å². The molecule has 0 atom stereocenters. The summed E-state index contributed by atoms with van der Waals surface area (Å²) in [7, 11) is 2.10. The van der Waals surface area contributed by atoms with Gasteiger partial charge in [-0.25, -0.2) is 4.79 Å². The molecule has 0 saturated carbocycles. The normalized spacial score (nSPS) is 11.3. The summed E-state index contributed by atoms with van der Waals surface area (Å²) in [6.07, 6.45) is 7.08. The number of unbranched alkanes of at least 4 members (excludes halogenated alkanes) is 5. The van der Waals surface area contributed by atoms with Gasteiger partial charge >= 0.3 is 6.09 Å². The third kappa shape index (κ3) is 8.58. The van der Waals surface area contributed by atoms with E-state index in [0.717, 1.165) is 50.8 Å². The maximum atomic E-state index is 12.7. The quantitative estimate of drug-likeness (QED) is 0.125. The zero-order valence-electron chi connectivity index (χ0n) is 23.6. The first kappa shape index (κ1) is 29.2. The van der Waals surface area contributed by atoms with Crippen LogP contribution >= 0.6 is 0 Å². The average molecular weight is 545 g/mol. The topological polar surface area (TPSA) is 81.0 Å². The molecule has 1 N–H and O–H groups in total. The average Bonchev–Trinajstić information content (AvgIpc) is 2.95. The number of ether oxygens (including phenoxy) is 2. The number of nitrogens with zero attached hydrogens (tertiary/aromatic N) is 1. The van der Waals surface area contributed by atoms with Crippen molar-refractivity contribution in [1.29, 1.82) is 0 Å². The Morgan fingerprint density at radius 2 is 1.68 bits per heavy atom. The Morgan fingerprint density at radius 3 is 2.55 bits per heavy atom. The second-order valence-electron chi connectivity index (χ2n) is 10.3. The van der Waals surface area contributed by atoms with Crippen LogP contribution in [-0.2, 0) is 6.54 Å². The van der Waals surface area contributed by atoms with Crippen LogP contribution in [0.5, 0.6) is 11.5 Å². The number of hydrogen-bond donors (Lipinski definition) is 1. The molecule has 0 fully saturated rings. The van der Waals surface area contributed by atoms with E-state index in [2.05, 4.69) is 24.2 Å². The Morgan fingerprint density at radius 1 is 0.850 bits per heavy atom. The first-order valence-corrected chi connectivity index (χ1v) is 14.3. The van der Waals surface area contributed by atoms with Crippen molar-refractivity contribution in [3.63, 3.8) is 0 Å². The number of carbonyl (C=O) groups is 1. The minimum atomic E-state index is -0.397. The molecule has 212 valence electrons. The number of nitrogens with one attached hydrogen (secondary N) is 1. The predicted molar refractivity (Wildman–Crippen MR) is 160 cm³/mol. The Labute approximate surface area is 236 Å². The Hall–Kier alpha value is -3.84. The summed E-state index contributed by atoms with van der Waals surface area (Å²) in [5.41, 5.74) is 2.21. The van der Waals surface area contributed by atoms with Gasteiger partial charge in [-0.05, 0) is 81.2 Å². The number of fused-ring (bicyclic) bond motifs is 2. The van der Waals surface area contributed by atoms with Gasteiger partial charge in [0.1, 0.15) is 22.7 Å². The molecule has 7 heteroatoms. The Bertz CT molecular complexity index is 1450. The molecule has 3 aromatic carbocycles. The standard InChI is InChI=1S/C33H40N2O5/c1-3-4-5-9-19-34-33(37)39-27-14-12-13-25(22-27)24-35(2)20-10-6-11-21-38-26-17-18-29-31(23-26)40-30-16-8-7-15-28(30)32(29)36/h7-8,12-18,22-23H,3-6,9-11,19-21,24H2,1-2H3,(H,34,37). The van der Waals surface area contributed by atoms with Crippen molar-refractivity contribution < 1.29 is 18.7 Å². The molecule has 0 bridgehead atoms. The second kappa shape index (κ2) is 15.1. The van der Waals surface area contributed by atoms with Crippen LogP contribution in [0.25, 0.3) is 21.9 Å². The highest BCUT2D eigenvalue weighted by Crippen LogP contribution is 2.23. The molecule has 0 aliphatic heterocycles. The SMILES string of the molecule is CCCCCCNC(=O)Oc1cccc(CN(C)CCCCCOc2ccc3c(=O)c4ccccc4oc3c2)c1. The first-order chi connectivity index (χ1) is 19.5. The van der Waals surface area contributed by atoms with Crippen LogP contribution in [0.15, 0.2) is 75.9 Å². The van der Waals surface area contributed by atoms with Gasteiger partial charge in [0, 0.05) is 19.2 Å². The van der Waals surface area contributed by atoms with E-state index in [0.29, 0.717) is 46.6 Å². The van der Waals surface area contributed by atoms with Crippen molar-refractivity contribution in [3.05, 3.63) is 82.5 Å². The minimum absolute atomic E-state index is 0.0227. The van der Waals surface area contributed by atoms with Gasteiger partial charge in [-0.1, -0.05) is 50.5 Å². The van der Waals surface area contributed by atoms with Gasteiger partial charge in [-0.2, -0.15) is 0 Å². The molecule has 1 aromatic heterocycles. The molecule has 7 nitrogen and oxygen atoms in total. The summed E-state index contributed by atoms with van der Waals surface area (Å²) >= 11 is 0. The van der Waals surface area contributed by atoms with Crippen LogP contribution in [0.2, 0.25) is 0 Å². The summed E-state index contributed by atoms with van der Waals surface area (Å²) in [6, 6.07) is 20.4. The number of hydrogen-bond acceptors (Lipinski definition) is 6. The number of rotatable bonds is 15. The van der Waals surface area contributed by atoms with Crippen molar-refractivity contribution in [2.24, 2.45) is 0 Å². The van der Waals surface area contributed by atoms with E-state index in [1.807, 2.05) is 42.5 Å². The van der Waals surface area contributed by atoms with Crippen molar-refractivity contribution >= 4 is 28.0 Å². The summed E-state index contributed by atoms with van der Waals surface area (Å²) in [6.45, 7) is 5.15. The van der Waals surface area contributed by atoms with Gasteiger partial charge in [0.25, 0.3) is 0 Å². The Kier molecular flexibility index (Phi) is 11.0. The van der Waals surface area contributed by atoms with Crippen LogP contribution in [-0.4, -0.2) is 37.7 Å². The molecule has 1 amide bonds. The van der Waals surface area contributed by atoms with Crippen LogP contribution in [0.3, 0.4) is 0 Å². The fourth-order valence-electron chi connectivity index (χ4n) is 4.71. The van der Waals surface area contributed by atoms with Crippen molar-refractivity contribution in [3.8, 4) is 11.5 Å². The van der Waals surface area contributed by atoms with Gasteiger partial charge in [0.05, 0.1) is 17.4 Å². The maximum absolute atomic E-state index is 12.7. The van der Waals surface area contributed by atoms with Crippen LogP contribution < -0.4 is 20.2 Å². The van der Waals surface area contributed by atoms with Crippen molar-refractivity contribution in [1.82, 2.24) is 10.2 Å². The van der Waals surface area contributed by atoms with Crippen LogP contribution in [0, 0.1) is 0 Å². The van der Waals surface area contributed by atoms with Crippen molar-refractivity contribution in [2.45, 2.75) is 58.4 Å². The first-order valence-electron chi connectivity index (χ1n) is 14.3. The van der Waals surface area contributed by atoms with Gasteiger partial charge in [0.2, 0.25) is 5.43 Å². The third-order valence-electron chi connectivity index (χ3n) is 6.86. The van der Waals surface area contributed by atoms with E-state index < -0.39 is 6.09 Å². The van der Waals surface area contributed by atoms with Crippen LogP contribution in [0.1, 0.15) is 57.4 Å². The molecule has 0 aliphatic carbocycles. The monoisotopic (exact) mass is 544 g/mol. The number of para-hydroxylation sites is 1. The van der Waals surface area contributed by atoms with E-state index in [9.17, 15) is 9.59 Å². The van der Waals surface area contributed by atoms with Crippen molar-refractivity contribution in [2.75, 3.05) is 26.7 Å². The lowest BCUT2D eigenvalue weighted by atomic mass is 10.1. The predicted octanol–water partition coefficient (Wildman–Crippen LogP) is 7.30. The van der Waals surface area contributed by atoms with Gasteiger partial charge < -0.3 is 24.1 Å². The summed E-state index contributed by atoms with van der Waals surface area (Å²) in [5, 5.41) is 3.97. The molecule has 0 unspecified atom stereocenters. The molecule has 0 saturated heterocycles. The highest BCUT2D eigenvalue weighted by atomic mass is 16.6. The maximum Gasteiger partial charge on any atom is 0.412 e. The fraction of sp³-hybridized carbons (Fsp3) is 0.394. The smallest absolute Gasteiger partial charge is 0.412 e. The van der Waals surface area contributed by atoms with E-state index in [4.69, 9.17) is 13.9 Å². The lowest BCUT2D eigenvalue weighted by Crippen LogP contribution is -2.27. The van der Waals surface area contributed by atoms with E-state index in [1.54, 1.807) is 24.3 Å². The van der Waals surface area contributed by atoms with Gasteiger partial charge in [0.15, 0.2) is 0 Å². The molecule has 4 rings (SSSR count). The molecular formula is C33H40N2O5. The summed E-state index contributed by atoms with van der Waals surface area (Å²) in [4.78, 5) is 27.0. The number of benzene rings is 3. The number of amides is 1. The lowest BCUT2D eigenvalue weighted by molar-refractivity contribution is 0.200. The molecule has 1 heterocycles. The number of carbonyl (C=O) groups excluding carboxylic acids is 1. The lowest BCUT2D eigenvalue weighted by Gasteiger charge is -2.17. The van der Waals surface area contributed by atoms with Gasteiger partial charge in [-0.3, -0.25) is 4.79 Å². The molecule has 0 spiro atoms. The molecular weight excluding hydrogens is 504 g/mol. The summed E-state index contributed by atoms with van der Waals surface area (Å²) in [5.74, 6) is 1.27. The molecule has 0 aliphatic rings. The van der Waals surface area contributed by atoms with Gasteiger partial charge in [-0.15, -0.1) is 0 Å². The van der Waals surface area contributed by atoms with Crippen LogP contribution in [0.4, 0.5) is 4.79 Å². The zero-order chi connectivity index (χ0) is 28.2. The third-order valence-corrected chi connectivity index (χ3v) is 6.86. The zero-order valence-corrected chi connectivity index (χ0v) is 23.6. The second-order valence-corrected chi connectivity index (χ2v) is 10.3. The highest BCUT2D eigenvalue weighted by Gasteiger charge is 2.09. The minimum Gasteiger partial charge on any atom is -0.493 e. The highest BCUT2D eigenvalue weighted by molar-refractivity contribution is 5.90. The molecule has 40 heavy (non-hydrogen) atoms. The van der Waals surface area contributed by atoms with E-state index in [-0.39, 0.29) is 5.43 Å². The molecule has 0 radical (unpaired) electrons. The van der Waals surface area contributed by atoms with E-state index >= 15 is 0 Å².